The molecule has 20 heavy (non-hydrogen) atoms. The quantitative estimate of drug-likeness (QED) is 0.842. The summed E-state index contributed by atoms with van der Waals surface area (Å²) in [6.45, 7) is 5.27. The van der Waals surface area contributed by atoms with Crippen LogP contribution in [0.15, 0.2) is 18.3 Å². The molecule has 1 aliphatic rings. The second-order valence-corrected chi connectivity index (χ2v) is 6.08. The minimum absolute atomic E-state index is 0.0934. The molecule has 0 unspecified atom stereocenters. The number of nitrogens with zero attached hydrogens (tertiary/aromatic N) is 3. The highest BCUT2D eigenvalue weighted by atomic mass is 16.3. The van der Waals surface area contributed by atoms with Gasteiger partial charge in [-0.15, -0.1) is 0 Å². The molecule has 2 rings (SSSR count). The smallest absolute Gasteiger partial charge is 0.255 e. The summed E-state index contributed by atoms with van der Waals surface area (Å²) in [6, 6.07) is 5.11. The zero-order chi connectivity index (χ0) is 14.8. The first-order chi connectivity index (χ1) is 9.41. The van der Waals surface area contributed by atoms with Gasteiger partial charge in [-0.25, -0.2) is 4.98 Å². The summed E-state index contributed by atoms with van der Waals surface area (Å²) in [4.78, 5) is 18.2. The number of aliphatic hydroxyl groups excluding tert-OH is 1. The standard InChI is InChI=1S/C15H19N3O2/c1-15(2)7-13(19)5-6-18(10-15)14(20)11-3-4-12(8-16)17-9-11/h3-4,9,13,19H,5-7,10H2,1-2H3/t13-/m1/s1. The van der Waals surface area contributed by atoms with Crippen LogP contribution >= 0.6 is 0 Å². The van der Waals surface area contributed by atoms with E-state index in [0.29, 0.717) is 37.2 Å². The molecule has 106 valence electrons. The molecule has 1 fully saturated rings. The van der Waals surface area contributed by atoms with E-state index in [-0.39, 0.29) is 17.4 Å². The highest BCUT2D eigenvalue weighted by Gasteiger charge is 2.31. The molecule has 1 aromatic heterocycles. The van der Waals surface area contributed by atoms with E-state index in [9.17, 15) is 9.90 Å². The van der Waals surface area contributed by atoms with Crippen molar-refractivity contribution in [3.63, 3.8) is 0 Å². The fourth-order valence-corrected chi connectivity index (χ4v) is 2.65. The van der Waals surface area contributed by atoms with Crippen molar-refractivity contribution in [2.75, 3.05) is 13.1 Å². The van der Waals surface area contributed by atoms with Crippen LogP contribution in [0, 0.1) is 16.7 Å². The number of aromatic nitrogens is 1. The van der Waals surface area contributed by atoms with E-state index in [2.05, 4.69) is 18.8 Å². The fourth-order valence-electron chi connectivity index (χ4n) is 2.65. The van der Waals surface area contributed by atoms with Gasteiger partial charge in [0.1, 0.15) is 11.8 Å². The average Bonchev–Trinajstić information content (AvgIpc) is 2.55. The first kappa shape index (κ1) is 14.5. The van der Waals surface area contributed by atoms with E-state index in [0.717, 1.165) is 0 Å². The highest BCUT2D eigenvalue weighted by molar-refractivity contribution is 5.94. The van der Waals surface area contributed by atoms with Crippen molar-refractivity contribution in [2.24, 2.45) is 5.41 Å². The van der Waals surface area contributed by atoms with Gasteiger partial charge in [0.25, 0.3) is 5.91 Å². The Morgan fingerprint density at radius 1 is 1.55 bits per heavy atom. The Hall–Kier alpha value is -1.93. The van der Waals surface area contributed by atoms with Crippen LogP contribution in [0.3, 0.4) is 0 Å². The number of likely N-dealkylation sites (tertiary alicyclic amines) is 1. The molecule has 1 aromatic rings. The minimum Gasteiger partial charge on any atom is -0.393 e. The first-order valence-corrected chi connectivity index (χ1v) is 6.75. The van der Waals surface area contributed by atoms with Crippen molar-refractivity contribution in [3.05, 3.63) is 29.6 Å². The van der Waals surface area contributed by atoms with Crippen molar-refractivity contribution in [2.45, 2.75) is 32.8 Å². The summed E-state index contributed by atoms with van der Waals surface area (Å²) in [5.41, 5.74) is 0.676. The molecular weight excluding hydrogens is 254 g/mol. The van der Waals surface area contributed by atoms with Crippen LogP contribution in [0.2, 0.25) is 0 Å². The van der Waals surface area contributed by atoms with Crippen molar-refractivity contribution in [3.8, 4) is 6.07 Å². The summed E-state index contributed by atoms with van der Waals surface area (Å²) < 4.78 is 0. The third kappa shape index (κ3) is 3.34. The first-order valence-electron chi connectivity index (χ1n) is 6.75. The van der Waals surface area contributed by atoms with Gasteiger partial charge in [0.05, 0.1) is 11.7 Å². The van der Waals surface area contributed by atoms with Crippen LogP contribution in [-0.4, -0.2) is 40.1 Å². The summed E-state index contributed by atoms with van der Waals surface area (Å²) in [6.07, 6.45) is 2.37. The van der Waals surface area contributed by atoms with E-state index < -0.39 is 0 Å². The predicted octanol–water partition coefficient (Wildman–Crippen LogP) is 1.58. The van der Waals surface area contributed by atoms with Crippen LogP contribution in [-0.2, 0) is 0 Å². The topological polar surface area (TPSA) is 77.2 Å². The summed E-state index contributed by atoms with van der Waals surface area (Å²) in [7, 11) is 0. The zero-order valence-corrected chi connectivity index (χ0v) is 11.8. The number of carbonyl (C=O) groups excluding carboxylic acids is 1. The molecule has 1 aliphatic heterocycles. The third-order valence-electron chi connectivity index (χ3n) is 3.55. The van der Waals surface area contributed by atoms with Gasteiger partial charge in [0.2, 0.25) is 0 Å². The summed E-state index contributed by atoms with van der Waals surface area (Å²) in [5.74, 6) is -0.0934. The van der Waals surface area contributed by atoms with Gasteiger partial charge in [-0.05, 0) is 30.4 Å². The molecule has 0 aliphatic carbocycles. The molecule has 1 atom stereocenters. The molecular formula is C15H19N3O2. The van der Waals surface area contributed by atoms with Crippen molar-refractivity contribution >= 4 is 5.91 Å². The van der Waals surface area contributed by atoms with Crippen LogP contribution in [0.4, 0.5) is 0 Å². The van der Waals surface area contributed by atoms with Crippen LogP contribution in [0.25, 0.3) is 0 Å². The highest BCUT2D eigenvalue weighted by Crippen LogP contribution is 2.29. The van der Waals surface area contributed by atoms with E-state index in [1.165, 1.54) is 6.20 Å². The number of rotatable bonds is 1. The molecule has 2 heterocycles. The molecule has 5 heteroatoms. The largest absolute Gasteiger partial charge is 0.393 e. The maximum atomic E-state index is 12.5. The van der Waals surface area contributed by atoms with Crippen LogP contribution in [0.1, 0.15) is 42.7 Å². The van der Waals surface area contributed by atoms with E-state index in [1.54, 1.807) is 17.0 Å². The lowest BCUT2D eigenvalue weighted by molar-refractivity contribution is 0.0704. The minimum atomic E-state index is -0.359. The number of aliphatic hydroxyl groups is 1. The monoisotopic (exact) mass is 273 g/mol. The van der Waals surface area contributed by atoms with Gasteiger partial charge < -0.3 is 10.0 Å². The maximum Gasteiger partial charge on any atom is 0.255 e. The van der Waals surface area contributed by atoms with Gasteiger partial charge in [-0.2, -0.15) is 5.26 Å². The van der Waals surface area contributed by atoms with Gasteiger partial charge in [-0.3, -0.25) is 4.79 Å². The van der Waals surface area contributed by atoms with Gasteiger partial charge in [0, 0.05) is 19.3 Å². The fraction of sp³-hybridized carbons (Fsp3) is 0.533. The SMILES string of the molecule is CC1(C)C[C@H](O)CCN(C(=O)c2ccc(C#N)nc2)C1. The second kappa shape index (κ2) is 5.59. The number of amides is 1. The summed E-state index contributed by atoms with van der Waals surface area (Å²) >= 11 is 0. The number of nitriles is 1. The average molecular weight is 273 g/mol. The Morgan fingerprint density at radius 2 is 2.30 bits per heavy atom. The molecule has 0 bridgehead atoms. The Balaban J connectivity index is 2.17. The van der Waals surface area contributed by atoms with Gasteiger partial charge >= 0.3 is 0 Å². The second-order valence-electron chi connectivity index (χ2n) is 6.08. The Morgan fingerprint density at radius 3 is 2.90 bits per heavy atom. The normalized spacial score (nSPS) is 21.9. The Labute approximate surface area is 118 Å². The Kier molecular flexibility index (Phi) is 4.05. The van der Waals surface area contributed by atoms with E-state index >= 15 is 0 Å². The third-order valence-corrected chi connectivity index (χ3v) is 3.55. The summed E-state index contributed by atoms with van der Waals surface area (Å²) in [5, 5.41) is 18.6. The molecule has 0 radical (unpaired) electrons. The van der Waals surface area contributed by atoms with Crippen molar-refractivity contribution in [1.29, 1.82) is 5.26 Å². The molecule has 5 nitrogen and oxygen atoms in total. The molecule has 1 amide bonds. The van der Waals surface area contributed by atoms with Gasteiger partial charge in [0.15, 0.2) is 0 Å². The number of hydrogen-bond donors (Lipinski definition) is 1. The molecule has 1 N–H and O–H groups in total. The molecule has 0 spiro atoms. The maximum absolute atomic E-state index is 12.5. The van der Waals surface area contributed by atoms with E-state index in [1.807, 2.05) is 6.07 Å². The van der Waals surface area contributed by atoms with Crippen LogP contribution < -0.4 is 0 Å². The lowest BCUT2D eigenvalue weighted by Crippen LogP contribution is -2.37. The molecule has 0 saturated carbocycles. The predicted molar refractivity (Wildman–Crippen MR) is 73.9 cm³/mol. The number of pyridine rings is 1. The molecule has 1 saturated heterocycles. The van der Waals surface area contributed by atoms with Crippen molar-refractivity contribution in [1.82, 2.24) is 9.88 Å². The lowest BCUT2D eigenvalue weighted by Gasteiger charge is -2.29. The lowest BCUT2D eigenvalue weighted by atomic mass is 9.87. The van der Waals surface area contributed by atoms with Gasteiger partial charge in [-0.1, -0.05) is 13.8 Å². The van der Waals surface area contributed by atoms with Crippen molar-refractivity contribution < 1.29 is 9.90 Å². The number of carbonyl (C=O) groups is 1. The zero-order valence-electron chi connectivity index (χ0n) is 11.8. The van der Waals surface area contributed by atoms with Crippen LogP contribution in [0.5, 0.6) is 0 Å². The number of hydrogen-bond acceptors (Lipinski definition) is 4. The molecule has 0 aromatic carbocycles. The van der Waals surface area contributed by atoms with E-state index in [4.69, 9.17) is 5.26 Å². The Bertz CT molecular complexity index is 531.